The molecule has 0 saturated heterocycles. The minimum absolute atomic E-state index is 0.142. The van der Waals surface area contributed by atoms with Crippen LogP contribution < -0.4 is 21.3 Å². The molecule has 184 valence electrons. The minimum atomic E-state index is -1.26. The summed E-state index contributed by atoms with van der Waals surface area (Å²) in [5.41, 5.74) is -1.52. The Kier molecular flexibility index (Phi) is 11.5. The maximum absolute atomic E-state index is 12.5. The second-order valence-electron chi connectivity index (χ2n) is 8.83. The first-order chi connectivity index (χ1) is 14.5. The van der Waals surface area contributed by atoms with Crippen molar-refractivity contribution in [2.45, 2.75) is 78.7 Å². The molecule has 0 radical (unpaired) electrons. The number of carbonyl (C=O) groups excluding carboxylic acids is 5. The minimum Gasteiger partial charge on any atom is -0.465 e. The molecule has 0 aliphatic carbocycles. The van der Waals surface area contributed by atoms with Gasteiger partial charge in [-0.15, -0.1) is 0 Å². The van der Waals surface area contributed by atoms with Crippen LogP contribution in [-0.4, -0.2) is 73.0 Å². The lowest BCUT2D eigenvalue weighted by atomic mass is 10.2. The summed E-state index contributed by atoms with van der Waals surface area (Å²) in [6, 6.07) is -2.31. The van der Waals surface area contributed by atoms with Crippen LogP contribution in [0.1, 0.15) is 55.4 Å². The molecule has 0 saturated carbocycles. The van der Waals surface area contributed by atoms with Gasteiger partial charge in [0.2, 0.25) is 11.8 Å². The smallest absolute Gasteiger partial charge is 0.408 e. The molecule has 4 N–H and O–H groups in total. The second kappa shape index (κ2) is 12.7. The third-order valence-electron chi connectivity index (χ3n) is 3.32. The summed E-state index contributed by atoms with van der Waals surface area (Å²) in [7, 11) is 0. The van der Waals surface area contributed by atoms with E-state index in [2.05, 4.69) is 21.3 Å². The SMILES string of the molecule is CCOC(=O)CNC(=O)[C@H](CNC(=O)OC(C)(C)C)NC(=O)[C@H](C)NC(=O)OC(C)(C)C. The zero-order chi connectivity index (χ0) is 25.1. The molecule has 12 heteroatoms. The molecule has 0 heterocycles. The maximum atomic E-state index is 12.5. The molecule has 12 nitrogen and oxygen atoms in total. The van der Waals surface area contributed by atoms with E-state index in [1.54, 1.807) is 48.5 Å². The third kappa shape index (κ3) is 14.0. The Balaban J connectivity index is 5.09. The van der Waals surface area contributed by atoms with Crippen LogP contribution in [0.15, 0.2) is 0 Å². The van der Waals surface area contributed by atoms with Crippen molar-refractivity contribution in [1.29, 1.82) is 0 Å². The van der Waals surface area contributed by atoms with Gasteiger partial charge in [0, 0.05) is 0 Å². The van der Waals surface area contributed by atoms with Gasteiger partial charge in [0.25, 0.3) is 0 Å². The van der Waals surface area contributed by atoms with E-state index in [1.807, 2.05) is 0 Å². The molecule has 0 bridgehead atoms. The number of alkyl carbamates (subject to hydrolysis) is 2. The third-order valence-corrected chi connectivity index (χ3v) is 3.32. The number of rotatable bonds is 9. The van der Waals surface area contributed by atoms with Crippen molar-refractivity contribution in [3.63, 3.8) is 0 Å². The predicted molar refractivity (Wildman–Crippen MR) is 115 cm³/mol. The molecule has 0 aliphatic rings. The number of esters is 1. The van der Waals surface area contributed by atoms with Crippen molar-refractivity contribution < 1.29 is 38.2 Å². The van der Waals surface area contributed by atoms with Crippen LogP contribution in [0.5, 0.6) is 0 Å². The highest BCUT2D eigenvalue weighted by Gasteiger charge is 2.27. The standard InChI is InChI=1S/C20H36N4O8/c1-9-30-14(25)11-21-16(27)13(10-22-17(28)31-19(3,4)5)24-15(26)12(2)23-18(29)32-20(6,7)8/h12-13H,9-11H2,1-8H3,(H,21,27)(H,22,28)(H,23,29)(H,24,26)/t12-,13-/m0/s1. The van der Waals surface area contributed by atoms with E-state index in [4.69, 9.17) is 14.2 Å². The summed E-state index contributed by atoms with van der Waals surface area (Å²) < 4.78 is 14.9. The summed E-state index contributed by atoms with van der Waals surface area (Å²) in [4.78, 5) is 60.2. The van der Waals surface area contributed by atoms with Crippen LogP contribution in [0.3, 0.4) is 0 Å². The van der Waals surface area contributed by atoms with Gasteiger partial charge in [0.1, 0.15) is 29.8 Å². The Morgan fingerprint density at radius 2 is 1.31 bits per heavy atom. The van der Waals surface area contributed by atoms with E-state index < -0.39 is 59.8 Å². The van der Waals surface area contributed by atoms with E-state index in [0.717, 1.165) is 0 Å². The fourth-order valence-corrected chi connectivity index (χ4v) is 2.05. The summed E-state index contributed by atoms with van der Waals surface area (Å²) in [5.74, 6) is -2.11. The van der Waals surface area contributed by atoms with Gasteiger partial charge >= 0.3 is 18.2 Å². The molecule has 0 fully saturated rings. The van der Waals surface area contributed by atoms with E-state index in [-0.39, 0.29) is 13.2 Å². The first kappa shape index (κ1) is 28.9. The van der Waals surface area contributed by atoms with E-state index >= 15 is 0 Å². The van der Waals surface area contributed by atoms with Crippen LogP contribution in [0.4, 0.5) is 9.59 Å². The molecule has 0 aromatic rings. The van der Waals surface area contributed by atoms with Crippen LogP contribution >= 0.6 is 0 Å². The second-order valence-corrected chi connectivity index (χ2v) is 8.83. The quantitative estimate of drug-likeness (QED) is 0.287. The van der Waals surface area contributed by atoms with E-state index in [9.17, 15) is 24.0 Å². The molecular weight excluding hydrogens is 424 g/mol. The summed E-state index contributed by atoms with van der Waals surface area (Å²) >= 11 is 0. The van der Waals surface area contributed by atoms with Crippen molar-refractivity contribution in [3.05, 3.63) is 0 Å². The zero-order valence-corrected chi connectivity index (χ0v) is 20.0. The van der Waals surface area contributed by atoms with Gasteiger partial charge in [-0.05, 0) is 55.4 Å². The predicted octanol–water partition coefficient (Wildman–Crippen LogP) is 0.588. The fourth-order valence-electron chi connectivity index (χ4n) is 2.05. The van der Waals surface area contributed by atoms with Crippen molar-refractivity contribution in [1.82, 2.24) is 21.3 Å². The largest absolute Gasteiger partial charge is 0.465 e. The average Bonchev–Trinajstić information content (AvgIpc) is 2.59. The lowest BCUT2D eigenvalue weighted by Gasteiger charge is -2.24. The first-order valence-electron chi connectivity index (χ1n) is 10.2. The highest BCUT2D eigenvalue weighted by Crippen LogP contribution is 2.07. The topological polar surface area (TPSA) is 161 Å². The van der Waals surface area contributed by atoms with Crippen LogP contribution in [0.2, 0.25) is 0 Å². The van der Waals surface area contributed by atoms with Gasteiger partial charge in [-0.25, -0.2) is 9.59 Å². The van der Waals surface area contributed by atoms with E-state index in [0.29, 0.717) is 0 Å². The highest BCUT2D eigenvalue weighted by atomic mass is 16.6. The molecule has 0 unspecified atom stereocenters. The average molecular weight is 461 g/mol. The Bertz CT molecular complexity index is 682. The molecule has 0 aromatic heterocycles. The molecule has 32 heavy (non-hydrogen) atoms. The number of hydrogen-bond acceptors (Lipinski definition) is 8. The summed E-state index contributed by atoms with van der Waals surface area (Å²) in [5, 5.41) is 9.47. The lowest BCUT2D eigenvalue weighted by molar-refractivity contribution is -0.143. The summed E-state index contributed by atoms with van der Waals surface area (Å²) in [6.07, 6.45) is -1.61. The van der Waals surface area contributed by atoms with Crippen LogP contribution in [0.25, 0.3) is 0 Å². The fraction of sp³-hybridized carbons (Fsp3) is 0.750. The number of nitrogens with one attached hydrogen (secondary N) is 4. The Labute approximate surface area is 188 Å². The number of hydrogen-bond donors (Lipinski definition) is 4. The molecular formula is C20H36N4O8. The van der Waals surface area contributed by atoms with Crippen molar-refractivity contribution >= 4 is 30.0 Å². The summed E-state index contributed by atoms with van der Waals surface area (Å²) in [6.45, 7) is 12.4. The molecule has 4 amide bonds. The molecule has 2 atom stereocenters. The van der Waals surface area contributed by atoms with Crippen LogP contribution in [-0.2, 0) is 28.6 Å². The molecule has 0 aromatic carbocycles. The van der Waals surface area contributed by atoms with Crippen molar-refractivity contribution in [2.24, 2.45) is 0 Å². The van der Waals surface area contributed by atoms with Gasteiger partial charge in [0.15, 0.2) is 0 Å². The van der Waals surface area contributed by atoms with Crippen molar-refractivity contribution in [2.75, 3.05) is 19.7 Å². The van der Waals surface area contributed by atoms with Gasteiger partial charge < -0.3 is 35.5 Å². The number of ether oxygens (including phenoxy) is 3. The van der Waals surface area contributed by atoms with Gasteiger partial charge in [-0.2, -0.15) is 0 Å². The normalized spacial score (nSPS) is 13.1. The van der Waals surface area contributed by atoms with Gasteiger partial charge in [-0.1, -0.05) is 0 Å². The Morgan fingerprint density at radius 3 is 1.81 bits per heavy atom. The Morgan fingerprint density at radius 1 is 0.781 bits per heavy atom. The van der Waals surface area contributed by atoms with Gasteiger partial charge in [0.05, 0.1) is 13.2 Å². The lowest BCUT2D eigenvalue weighted by Crippen LogP contribution is -2.57. The molecule has 0 rings (SSSR count). The van der Waals surface area contributed by atoms with Crippen LogP contribution in [0, 0.1) is 0 Å². The highest BCUT2D eigenvalue weighted by molar-refractivity contribution is 5.92. The molecule has 0 spiro atoms. The van der Waals surface area contributed by atoms with Gasteiger partial charge in [-0.3, -0.25) is 14.4 Å². The zero-order valence-electron chi connectivity index (χ0n) is 20.0. The maximum Gasteiger partial charge on any atom is 0.408 e. The van der Waals surface area contributed by atoms with Crippen molar-refractivity contribution in [3.8, 4) is 0 Å². The molecule has 0 aliphatic heterocycles. The monoisotopic (exact) mass is 460 g/mol. The first-order valence-corrected chi connectivity index (χ1v) is 10.2. The number of amides is 4. The van der Waals surface area contributed by atoms with E-state index in [1.165, 1.54) is 6.92 Å². The Hall–Kier alpha value is -3.05. The number of carbonyl (C=O) groups is 5.